The Bertz CT molecular complexity index is 918. The summed E-state index contributed by atoms with van der Waals surface area (Å²) >= 11 is 6.38. The molecule has 1 N–H and O–H groups in total. The molecule has 142 valence electrons. The van der Waals surface area contributed by atoms with E-state index < -0.39 is 0 Å². The monoisotopic (exact) mass is 383 g/mol. The predicted molar refractivity (Wildman–Crippen MR) is 111 cm³/mol. The zero-order valence-electron chi connectivity index (χ0n) is 16.4. The normalized spacial score (nSPS) is 19.4. The van der Waals surface area contributed by atoms with Crippen molar-refractivity contribution in [3.05, 3.63) is 52.0 Å². The Morgan fingerprint density at radius 1 is 1.19 bits per heavy atom. The van der Waals surface area contributed by atoms with Gasteiger partial charge in [0.15, 0.2) is 0 Å². The summed E-state index contributed by atoms with van der Waals surface area (Å²) in [6.07, 6.45) is 3.28. The first-order chi connectivity index (χ1) is 12.7. The Morgan fingerprint density at radius 2 is 1.93 bits per heavy atom. The van der Waals surface area contributed by atoms with E-state index in [9.17, 15) is 4.79 Å². The fraction of sp³-hybridized carbons (Fsp3) is 0.455. The van der Waals surface area contributed by atoms with Crippen molar-refractivity contribution >= 4 is 29.1 Å². The van der Waals surface area contributed by atoms with Crippen LogP contribution in [0.2, 0.25) is 5.02 Å². The number of nitrogens with zero attached hydrogens (tertiary/aromatic N) is 2. The van der Waals surface area contributed by atoms with Crippen molar-refractivity contribution in [3.8, 4) is 0 Å². The van der Waals surface area contributed by atoms with Crippen LogP contribution in [0.25, 0.3) is 0 Å². The third-order valence-corrected chi connectivity index (χ3v) is 6.56. The molecule has 2 aromatic rings. The minimum absolute atomic E-state index is 0.0375. The highest BCUT2D eigenvalue weighted by Crippen LogP contribution is 2.47. The summed E-state index contributed by atoms with van der Waals surface area (Å²) in [5.41, 5.74) is 3.28. The minimum Gasteiger partial charge on any atom is -0.360 e. The van der Waals surface area contributed by atoms with E-state index in [1.165, 1.54) is 12.0 Å². The first-order valence-corrected chi connectivity index (χ1v) is 9.95. The Labute approximate surface area is 165 Å². The van der Waals surface area contributed by atoms with Gasteiger partial charge in [0.2, 0.25) is 5.91 Å². The van der Waals surface area contributed by atoms with Gasteiger partial charge in [-0.05, 0) is 49.4 Å². The highest BCUT2D eigenvalue weighted by atomic mass is 35.5. The zero-order chi connectivity index (χ0) is 19.4. The number of fused-ring (bicyclic) bond motifs is 1. The van der Waals surface area contributed by atoms with Crippen LogP contribution in [-0.2, 0) is 15.7 Å². The molecule has 5 heteroatoms. The molecule has 0 saturated heterocycles. The largest absolute Gasteiger partial charge is 0.360 e. The third-order valence-electron chi connectivity index (χ3n) is 6.15. The lowest BCUT2D eigenvalue weighted by Gasteiger charge is -2.44. The van der Waals surface area contributed by atoms with Gasteiger partial charge in [-0.1, -0.05) is 43.6 Å². The van der Waals surface area contributed by atoms with Crippen LogP contribution < -0.4 is 10.2 Å². The average molecular weight is 384 g/mol. The Morgan fingerprint density at radius 3 is 2.56 bits per heavy atom. The van der Waals surface area contributed by atoms with Crippen LogP contribution in [0.5, 0.6) is 0 Å². The van der Waals surface area contributed by atoms with Gasteiger partial charge in [-0.25, -0.2) is 4.98 Å². The molecule has 1 aliphatic carbocycles. The molecule has 0 radical (unpaired) electrons. The van der Waals surface area contributed by atoms with Crippen molar-refractivity contribution in [1.82, 2.24) is 4.98 Å². The number of carbonyl (C=O) groups excluding carboxylic acids is 1. The number of benzene rings is 1. The first kappa shape index (κ1) is 18.3. The number of amides is 1. The van der Waals surface area contributed by atoms with Gasteiger partial charge in [0.1, 0.15) is 11.6 Å². The summed E-state index contributed by atoms with van der Waals surface area (Å²) in [6, 6.07) is 10.3. The fourth-order valence-corrected chi connectivity index (χ4v) is 4.61. The van der Waals surface area contributed by atoms with Crippen LogP contribution in [0.15, 0.2) is 30.3 Å². The van der Waals surface area contributed by atoms with Gasteiger partial charge in [-0.2, -0.15) is 0 Å². The third kappa shape index (κ3) is 2.91. The molecule has 2 heterocycles. The van der Waals surface area contributed by atoms with Gasteiger partial charge >= 0.3 is 0 Å². The summed E-state index contributed by atoms with van der Waals surface area (Å²) in [4.78, 5) is 18.8. The Balaban J connectivity index is 1.72. The van der Waals surface area contributed by atoms with Crippen LogP contribution in [0, 0.1) is 6.92 Å². The van der Waals surface area contributed by atoms with Crippen LogP contribution in [0.4, 0.5) is 11.6 Å². The second-order valence-electron chi connectivity index (χ2n) is 8.53. The molecule has 1 saturated carbocycles. The smallest absolute Gasteiger partial charge is 0.225 e. The SMILES string of the molecule is CC(=O)N1CC(C)(C)c2ccc(NC3(c4cccc(Cl)c4C)CCC3)nc21. The van der Waals surface area contributed by atoms with Crippen LogP contribution in [0.3, 0.4) is 0 Å². The van der Waals surface area contributed by atoms with E-state index in [-0.39, 0.29) is 16.9 Å². The summed E-state index contributed by atoms with van der Waals surface area (Å²) in [7, 11) is 0. The zero-order valence-corrected chi connectivity index (χ0v) is 17.2. The molecule has 1 amide bonds. The summed E-state index contributed by atoms with van der Waals surface area (Å²) in [5, 5.41) is 4.48. The second kappa shape index (κ2) is 6.23. The quantitative estimate of drug-likeness (QED) is 0.794. The van der Waals surface area contributed by atoms with Gasteiger partial charge in [0.25, 0.3) is 0 Å². The molecular formula is C22H26ClN3O. The summed E-state index contributed by atoms with van der Waals surface area (Å²) in [6.45, 7) is 8.68. The highest BCUT2D eigenvalue weighted by molar-refractivity contribution is 6.31. The Kier molecular flexibility index (Phi) is 4.22. The van der Waals surface area contributed by atoms with Crippen LogP contribution in [0.1, 0.15) is 56.7 Å². The standard InChI is InChI=1S/C22H26ClN3O/c1-14-16(7-5-8-18(14)23)22(11-6-12-22)25-19-10-9-17-20(24-19)26(15(2)27)13-21(17,3)4/h5,7-10H,6,11-13H2,1-4H3,(H,24,25). The number of pyridine rings is 1. The van der Waals surface area contributed by atoms with Crippen molar-refractivity contribution in [2.45, 2.75) is 57.9 Å². The van der Waals surface area contributed by atoms with E-state index in [4.69, 9.17) is 16.6 Å². The van der Waals surface area contributed by atoms with E-state index in [1.807, 2.05) is 18.2 Å². The van der Waals surface area contributed by atoms with Gasteiger partial charge < -0.3 is 5.32 Å². The summed E-state index contributed by atoms with van der Waals surface area (Å²) < 4.78 is 0. The van der Waals surface area contributed by atoms with E-state index in [2.05, 4.69) is 38.2 Å². The van der Waals surface area contributed by atoms with Gasteiger partial charge in [0, 0.05) is 29.5 Å². The molecule has 4 rings (SSSR count). The number of hydrogen-bond acceptors (Lipinski definition) is 3. The van der Waals surface area contributed by atoms with Crippen LogP contribution >= 0.6 is 11.6 Å². The molecule has 1 aromatic heterocycles. The topological polar surface area (TPSA) is 45.2 Å². The average Bonchev–Trinajstić information content (AvgIpc) is 2.85. The lowest BCUT2D eigenvalue weighted by Crippen LogP contribution is -2.43. The maximum absolute atomic E-state index is 12.1. The molecule has 0 spiro atoms. The molecule has 1 fully saturated rings. The van der Waals surface area contributed by atoms with Crippen molar-refractivity contribution in [3.63, 3.8) is 0 Å². The lowest BCUT2D eigenvalue weighted by atomic mass is 9.70. The summed E-state index contributed by atoms with van der Waals surface area (Å²) in [5.74, 6) is 1.64. The van der Waals surface area contributed by atoms with E-state index in [0.29, 0.717) is 6.54 Å². The molecule has 4 nitrogen and oxygen atoms in total. The van der Waals surface area contributed by atoms with Gasteiger partial charge in [-0.15, -0.1) is 0 Å². The molecule has 2 aliphatic rings. The molecule has 0 bridgehead atoms. The number of aromatic nitrogens is 1. The Hall–Kier alpha value is -2.07. The minimum atomic E-state index is -0.134. The van der Waals surface area contributed by atoms with Crippen molar-refractivity contribution in [2.75, 3.05) is 16.8 Å². The number of halogens is 1. The van der Waals surface area contributed by atoms with Gasteiger partial charge in [0.05, 0.1) is 5.54 Å². The van der Waals surface area contributed by atoms with Gasteiger partial charge in [-0.3, -0.25) is 9.69 Å². The number of hydrogen-bond donors (Lipinski definition) is 1. The molecule has 0 unspecified atom stereocenters. The van der Waals surface area contributed by atoms with Crippen LogP contribution in [-0.4, -0.2) is 17.4 Å². The number of nitrogens with one attached hydrogen (secondary N) is 1. The fourth-order valence-electron chi connectivity index (χ4n) is 4.43. The number of anilines is 2. The maximum Gasteiger partial charge on any atom is 0.225 e. The van der Waals surface area contributed by atoms with Crippen molar-refractivity contribution in [1.29, 1.82) is 0 Å². The lowest BCUT2D eigenvalue weighted by molar-refractivity contribution is -0.116. The maximum atomic E-state index is 12.1. The molecule has 1 aliphatic heterocycles. The second-order valence-corrected chi connectivity index (χ2v) is 8.94. The van der Waals surface area contributed by atoms with Crippen molar-refractivity contribution < 1.29 is 4.79 Å². The molecule has 0 atom stereocenters. The molecule has 27 heavy (non-hydrogen) atoms. The van der Waals surface area contributed by atoms with E-state index in [1.54, 1.807) is 11.8 Å². The van der Waals surface area contributed by atoms with E-state index >= 15 is 0 Å². The first-order valence-electron chi connectivity index (χ1n) is 9.57. The highest BCUT2D eigenvalue weighted by Gasteiger charge is 2.42. The number of rotatable bonds is 3. The van der Waals surface area contributed by atoms with Crippen molar-refractivity contribution in [2.24, 2.45) is 0 Å². The predicted octanol–water partition coefficient (Wildman–Crippen LogP) is 5.18. The molecule has 1 aromatic carbocycles. The number of carbonyl (C=O) groups is 1. The molecular weight excluding hydrogens is 358 g/mol. The van der Waals surface area contributed by atoms with E-state index in [0.717, 1.165) is 40.6 Å².